The summed E-state index contributed by atoms with van der Waals surface area (Å²) in [7, 11) is 0. The zero-order valence-corrected chi connectivity index (χ0v) is 51.0. The molecular weight excluding hydrogens is 1220 g/mol. The van der Waals surface area contributed by atoms with Crippen LogP contribution in [-0.2, 0) is 25.7 Å². The van der Waals surface area contributed by atoms with Crippen molar-refractivity contribution in [3.63, 3.8) is 0 Å². The van der Waals surface area contributed by atoms with Gasteiger partial charge >= 0.3 is 0 Å². The molecule has 0 atom stereocenters. The van der Waals surface area contributed by atoms with E-state index in [0.29, 0.717) is 63.1 Å². The molecule has 12 heterocycles. The van der Waals surface area contributed by atoms with Gasteiger partial charge in [-0.15, -0.1) is 22.7 Å². The maximum absolute atomic E-state index is 13.6. The Labute approximate surface area is 538 Å². The van der Waals surface area contributed by atoms with Crippen molar-refractivity contribution in [3.05, 3.63) is 287 Å². The molecule has 25 heteroatoms. The van der Waals surface area contributed by atoms with Gasteiger partial charge in [-0.2, -0.15) is 0 Å². The second-order valence-electron chi connectivity index (χ2n) is 19.5. The summed E-state index contributed by atoms with van der Waals surface area (Å²) >= 11 is 3.04. The lowest BCUT2D eigenvalue weighted by molar-refractivity contribution is 0.0978. The van der Waals surface area contributed by atoms with Gasteiger partial charge < -0.3 is 18.9 Å². The van der Waals surface area contributed by atoms with Gasteiger partial charge in [-0.3, -0.25) is 59.0 Å². The van der Waals surface area contributed by atoms with Crippen molar-refractivity contribution in [2.75, 3.05) is 0 Å². The number of nitrogens with zero attached hydrogens (tertiary/aromatic N) is 14. The minimum Gasteiger partial charge on any atom is -0.456 e. The number of carbonyl (C=O) groups excluding carboxylic acids is 4. The predicted octanol–water partition coefficient (Wildman–Crippen LogP) is 13.2. The van der Waals surface area contributed by atoms with E-state index >= 15 is 0 Å². The molecule has 0 fully saturated rings. The highest BCUT2D eigenvalue weighted by molar-refractivity contribution is 7.18. The summed E-state index contributed by atoms with van der Waals surface area (Å²) in [6, 6.07) is 36.4. The normalized spacial score (nSPS) is 10.4. The van der Waals surface area contributed by atoms with Gasteiger partial charge in [-0.1, -0.05) is 18.2 Å². The number of hydrogen-bond donors (Lipinski definition) is 0. The number of thiazole rings is 2. The molecule has 0 saturated heterocycles. The second-order valence-corrected chi connectivity index (χ2v) is 21.9. The van der Waals surface area contributed by atoms with Crippen molar-refractivity contribution in [1.82, 2.24) is 69.8 Å². The summed E-state index contributed by atoms with van der Waals surface area (Å²) in [5.74, 6) is 3.05. The van der Waals surface area contributed by atoms with Gasteiger partial charge in [0.05, 0.1) is 78.8 Å². The van der Waals surface area contributed by atoms with E-state index in [1.807, 2.05) is 56.3 Å². The molecule has 0 aliphatic heterocycles. The molecule has 0 aliphatic rings. The SMILES string of the molecule is Cc1cccc(CC(=O)c2cc(Oc3cccnc3)ccn2)n1.Cc1cnc(CC(=O)c2cc(Oc3cccnc3)ccn2)s1.O=C(Cc1nc2ccccc2s1)c1cc(Oc2cncnc2)ccn1.O=C(Cc1ncccc1F)c1cc(Oc2cncnc2)ccn1. The molecule has 460 valence electrons. The van der Waals surface area contributed by atoms with Crippen LogP contribution in [-0.4, -0.2) is 92.9 Å². The number of ether oxygens (including phenoxy) is 4. The predicted molar refractivity (Wildman–Crippen MR) is 342 cm³/mol. The van der Waals surface area contributed by atoms with Crippen LogP contribution in [0, 0.1) is 19.7 Å². The van der Waals surface area contributed by atoms with Crippen LogP contribution in [0.2, 0.25) is 0 Å². The molecule has 93 heavy (non-hydrogen) atoms. The number of aromatic nitrogens is 14. The topological polar surface area (TPSA) is 286 Å². The third-order valence-electron chi connectivity index (χ3n) is 12.4. The van der Waals surface area contributed by atoms with Gasteiger partial charge in [0, 0.05) is 90.1 Å². The Morgan fingerprint density at radius 1 is 0.387 bits per heavy atom. The molecule has 12 aromatic heterocycles. The van der Waals surface area contributed by atoms with E-state index < -0.39 is 5.82 Å². The lowest BCUT2D eigenvalue weighted by Crippen LogP contribution is -2.08. The summed E-state index contributed by atoms with van der Waals surface area (Å²) < 4.78 is 37.1. The molecule has 0 aliphatic carbocycles. The van der Waals surface area contributed by atoms with E-state index in [9.17, 15) is 23.6 Å². The average Bonchev–Trinajstić information content (AvgIpc) is 2.01. The number of para-hydroxylation sites is 1. The van der Waals surface area contributed by atoms with Gasteiger partial charge in [0.1, 0.15) is 85.8 Å². The Bertz CT molecular complexity index is 4600. The fraction of sp³-hybridized carbons (Fsp3) is 0.0882. The van der Waals surface area contributed by atoms with E-state index in [0.717, 1.165) is 36.5 Å². The van der Waals surface area contributed by atoms with Gasteiger partial charge in [-0.05, 0) is 98.8 Å². The molecule has 13 rings (SSSR count). The van der Waals surface area contributed by atoms with Crippen molar-refractivity contribution in [2.24, 2.45) is 0 Å². The average molecular weight is 1280 g/mol. The van der Waals surface area contributed by atoms with E-state index in [2.05, 4.69) is 69.8 Å². The van der Waals surface area contributed by atoms with Crippen molar-refractivity contribution in [3.8, 4) is 46.0 Å². The van der Waals surface area contributed by atoms with Crippen LogP contribution in [0.15, 0.2) is 227 Å². The Kier molecular flexibility index (Phi) is 22.3. The van der Waals surface area contributed by atoms with Crippen LogP contribution in [0.3, 0.4) is 0 Å². The summed E-state index contributed by atoms with van der Waals surface area (Å²) in [6.07, 6.45) is 25.3. The standard InChI is InChI=1S/C18H12N4O2S.C18H15N3O2.C16H11FN4O2.C16H13N3O2S/c23-16(8-18-22-14-3-1-2-4-17(14)25-18)15-7-12(5-6-21-15)24-13-9-19-11-20-10-13;1-13-4-2-5-14(21-13)10-18(22)17-11-15(7-9-20-17)23-16-6-3-8-19-12-16;17-13-2-1-4-20-14(13)7-16(22)15-6-11(3-5-21-15)23-12-8-18-10-19-9-12;1-11-9-19-16(22-11)8-15(20)14-7-12(4-6-18-14)21-13-3-2-5-17-10-13/h1-7,9-11H,8H2;2-9,11-12H,10H2,1H3;1-6,8-10H,7H2;2-7,9-10H,8H2,1H3. The highest BCUT2D eigenvalue weighted by atomic mass is 32.1. The van der Waals surface area contributed by atoms with Crippen LogP contribution >= 0.6 is 22.7 Å². The number of carbonyl (C=O) groups is 4. The van der Waals surface area contributed by atoms with Crippen LogP contribution in [0.4, 0.5) is 4.39 Å². The van der Waals surface area contributed by atoms with Crippen LogP contribution in [0.5, 0.6) is 46.0 Å². The quantitative estimate of drug-likeness (QED) is 0.0641. The van der Waals surface area contributed by atoms with E-state index in [1.54, 1.807) is 129 Å². The number of rotatable bonds is 20. The van der Waals surface area contributed by atoms with Gasteiger partial charge in [0.25, 0.3) is 0 Å². The fourth-order valence-corrected chi connectivity index (χ4v) is 9.97. The molecule has 0 radical (unpaired) electrons. The number of pyridine rings is 8. The molecule has 22 nitrogen and oxygen atoms in total. The third kappa shape index (κ3) is 19.7. The Balaban J connectivity index is 0.000000136. The summed E-state index contributed by atoms with van der Waals surface area (Å²) in [6.45, 7) is 3.86. The molecule has 0 unspecified atom stereocenters. The number of ketones is 4. The van der Waals surface area contributed by atoms with Gasteiger partial charge in [0.2, 0.25) is 0 Å². The van der Waals surface area contributed by atoms with Crippen LogP contribution in [0.25, 0.3) is 10.2 Å². The minimum atomic E-state index is -0.519. The van der Waals surface area contributed by atoms with Crippen molar-refractivity contribution < 1.29 is 42.5 Å². The smallest absolute Gasteiger partial charge is 0.188 e. The van der Waals surface area contributed by atoms with Crippen molar-refractivity contribution >= 4 is 56.0 Å². The third-order valence-corrected chi connectivity index (χ3v) is 14.4. The number of Topliss-reactive ketones (excluding diaryl/α,β-unsaturated/α-hetero) is 4. The highest BCUT2D eigenvalue weighted by Crippen LogP contribution is 2.27. The summed E-state index contributed by atoms with van der Waals surface area (Å²) in [4.78, 5) is 107. The monoisotopic (exact) mass is 1270 g/mol. The highest BCUT2D eigenvalue weighted by Gasteiger charge is 2.17. The van der Waals surface area contributed by atoms with E-state index in [1.165, 1.54) is 78.3 Å². The van der Waals surface area contributed by atoms with Gasteiger partial charge in [-0.25, -0.2) is 34.3 Å². The number of aryl methyl sites for hydroxylation is 2. The van der Waals surface area contributed by atoms with Crippen LogP contribution < -0.4 is 18.9 Å². The molecule has 0 saturated carbocycles. The van der Waals surface area contributed by atoms with Gasteiger partial charge in [0.15, 0.2) is 34.6 Å². The molecule has 13 aromatic rings. The first-order valence-electron chi connectivity index (χ1n) is 28.2. The van der Waals surface area contributed by atoms with Crippen molar-refractivity contribution in [1.29, 1.82) is 0 Å². The number of fused-ring (bicyclic) bond motifs is 1. The minimum absolute atomic E-state index is 0.0778. The zero-order valence-electron chi connectivity index (χ0n) is 49.4. The largest absolute Gasteiger partial charge is 0.456 e. The van der Waals surface area contributed by atoms with E-state index in [-0.39, 0.29) is 60.2 Å². The Hall–Kier alpha value is -12.1. The molecule has 0 spiro atoms. The Morgan fingerprint density at radius 2 is 0.860 bits per heavy atom. The van der Waals surface area contributed by atoms with Crippen LogP contribution in [0.1, 0.15) is 73.9 Å². The van der Waals surface area contributed by atoms with E-state index in [4.69, 9.17) is 18.9 Å². The second kappa shape index (κ2) is 32.4. The first-order valence-corrected chi connectivity index (χ1v) is 29.8. The molecule has 0 N–H and O–H groups in total. The lowest BCUT2D eigenvalue weighted by Gasteiger charge is -2.06. The maximum atomic E-state index is 13.6. The Morgan fingerprint density at radius 3 is 1.33 bits per heavy atom. The number of halogens is 1. The molecule has 1 aromatic carbocycles. The molecule has 0 amide bonds. The maximum Gasteiger partial charge on any atom is 0.188 e. The first kappa shape index (κ1) is 63.9. The fourth-order valence-electron chi connectivity index (χ4n) is 8.22. The molecule has 0 bridgehead atoms. The first-order chi connectivity index (χ1) is 45.4. The summed E-state index contributed by atoms with van der Waals surface area (Å²) in [5, 5.41) is 1.57. The van der Waals surface area contributed by atoms with Crippen molar-refractivity contribution in [2.45, 2.75) is 39.5 Å². The zero-order chi connectivity index (χ0) is 64.6. The lowest BCUT2D eigenvalue weighted by atomic mass is 10.1. The number of benzene rings is 1. The number of hydrogen-bond acceptors (Lipinski definition) is 24. The summed E-state index contributed by atoms with van der Waals surface area (Å²) in [5.41, 5.74) is 3.85. The molecular formula is C68H51FN14O8S2.